The molecule has 6 nitrogen and oxygen atoms in total. The van der Waals surface area contributed by atoms with Crippen LogP contribution in [0, 0.1) is 0 Å². The second-order valence-corrected chi connectivity index (χ2v) is 6.36. The number of piperazine rings is 1. The zero-order chi connectivity index (χ0) is 15.8. The van der Waals surface area contributed by atoms with E-state index in [-0.39, 0.29) is 18.4 Å². The molecule has 1 aromatic carbocycles. The Morgan fingerprint density at radius 3 is 2.87 bits per heavy atom. The summed E-state index contributed by atoms with van der Waals surface area (Å²) in [7, 11) is 0. The summed E-state index contributed by atoms with van der Waals surface area (Å²) in [4.78, 5) is 30.1. The number of benzene rings is 1. The number of nitrogens with one attached hydrogen (secondary N) is 1. The molecule has 1 aliphatic rings. The van der Waals surface area contributed by atoms with Gasteiger partial charge in [0.15, 0.2) is 5.13 Å². The highest BCUT2D eigenvalue weighted by atomic mass is 32.1. The van der Waals surface area contributed by atoms with Gasteiger partial charge in [0.25, 0.3) is 5.91 Å². The van der Waals surface area contributed by atoms with Crippen molar-refractivity contribution in [2.45, 2.75) is 0 Å². The van der Waals surface area contributed by atoms with E-state index in [1.54, 1.807) is 11.0 Å². The first-order valence-electron chi connectivity index (χ1n) is 7.30. The molecule has 2 aromatic heterocycles. The average Bonchev–Trinajstić information content (AvgIpc) is 3.22. The maximum Gasteiger partial charge on any atom is 0.254 e. The summed E-state index contributed by atoms with van der Waals surface area (Å²) in [5.74, 6) is -0.226. The maximum atomic E-state index is 12.5. The molecular weight excluding hydrogens is 312 g/mol. The van der Waals surface area contributed by atoms with Crippen molar-refractivity contribution in [2.24, 2.45) is 0 Å². The molecule has 2 amide bonds. The SMILES string of the molecule is O=C1CN(C(=O)c2ccc3nc(-n4cccc4)sc3c2)CCN1. The summed E-state index contributed by atoms with van der Waals surface area (Å²) in [6.45, 7) is 1.17. The molecule has 0 bridgehead atoms. The molecule has 1 N–H and O–H groups in total. The Labute approximate surface area is 136 Å². The average molecular weight is 326 g/mol. The quantitative estimate of drug-likeness (QED) is 0.779. The molecule has 0 radical (unpaired) electrons. The number of hydrogen-bond acceptors (Lipinski definition) is 4. The van der Waals surface area contributed by atoms with Gasteiger partial charge in [-0.1, -0.05) is 11.3 Å². The fourth-order valence-electron chi connectivity index (χ4n) is 2.61. The molecular formula is C16H14N4O2S. The van der Waals surface area contributed by atoms with Gasteiger partial charge in [-0.25, -0.2) is 4.98 Å². The summed E-state index contributed by atoms with van der Waals surface area (Å²) < 4.78 is 2.90. The predicted molar refractivity (Wildman–Crippen MR) is 87.9 cm³/mol. The summed E-state index contributed by atoms with van der Waals surface area (Å²) in [5.41, 5.74) is 1.46. The molecule has 1 fully saturated rings. The number of rotatable bonds is 2. The van der Waals surface area contributed by atoms with Gasteiger partial charge >= 0.3 is 0 Å². The van der Waals surface area contributed by atoms with Crippen LogP contribution in [0.25, 0.3) is 15.3 Å². The van der Waals surface area contributed by atoms with Gasteiger partial charge in [0.1, 0.15) is 0 Å². The lowest BCUT2D eigenvalue weighted by Crippen LogP contribution is -2.49. The summed E-state index contributed by atoms with van der Waals surface area (Å²) in [6.07, 6.45) is 3.88. The normalized spacial score (nSPS) is 15.0. The van der Waals surface area contributed by atoms with E-state index in [0.717, 1.165) is 15.3 Å². The van der Waals surface area contributed by atoms with E-state index in [4.69, 9.17) is 0 Å². The lowest BCUT2D eigenvalue weighted by atomic mass is 10.1. The van der Waals surface area contributed by atoms with Gasteiger partial charge < -0.3 is 14.8 Å². The van der Waals surface area contributed by atoms with Gasteiger partial charge in [-0.2, -0.15) is 0 Å². The van der Waals surface area contributed by atoms with Crippen LogP contribution in [0.15, 0.2) is 42.7 Å². The van der Waals surface area contributed by atoms with Crippen molar-refractivity contribution in [3.05, 3.63) is 48.3 Å². The highest BCUT2D eigenvalue weighted by Crippen LogP contribution is 2.26. The number of nitrogens with zero attached hydrogens (tertiary/aromatic N) is 3. The van der Waals surface area contributed by atoms with E-state index in [1.807, 2.05) is 41.2 Å². The lowest BCUT2D eigenvalue weighted by molar-refractivity contribution is -0.123. The summed E-state index contributed by atoms with van der Waals surface area (Å²) in [6, 6.07) is 9.38. The number of carbonyl (C=O) groups is 2. The van der Waals surface area contributed by atoms with Gasteiger partial charge in [-0.05, 0) is 30.3 Å². The zero-order valence-electron chi connectivity index (χ0n) is 12.2. The molecule has 0 saturated carbocycles. The van der Waals surface area contributed by atoms with Crippen molar-refractivity contribution >= 4 is 33.4 Å². The fraction of sp³-hybridized carbons (Fsp3) is 0.188. The van der Waals surface area contributed by atoms with E-state index < -0.39 is 0 Å². The molecule has 1 aliphatic heterocycles. The number of aromatic nitrogens is 2. The highest BCUT2D eigenvalue weighted by molar-refractivity contribution is 7.20. The van der Waals surface area contributed by atoms with E-state index in [1.165, 1.54) is 11.3 Å². The molecule has 3 heterocycles. The highest BCUT2D eigenvalue weighted by Gasteiger charge is 2.22. The Balaban J connectivity index is 1.66. The number of carbonyl (C=O) groups excluding carboxylic acids is 2. The minimum Gasteiger partial charge on any atom is -0.353 e. The Hall–Kier alpha value is -2.67. The third kappa shape index (κ3) is 2.59. The first kappa shape index (κ1) is 14.0. The van der Waals surface area contributed by atoms with Gasteiger partial charge in [0.05, 0.1) is 16.8 Å². The zero-order valence-corrected chi connectivity index (χ0v) is 13.0. The lowest BCUT2D eigenvalue weighted by Gasteiger charge is -2.26. The molecule has 0 aliphatic carbocycles. The second kappa shape index (κ2) is 5.51. The van der Waals surface area contributed by atoms with Crippen LogP contribution in [0.3, 0.4) is 0 Å². The minimum absolute atomic E-state index is 0.113. The second-order valence-electron chi connectivity index (χ2n) is 5.35. The number of thiazole rings is 1. The van der Waals surface area contributed by atoms with Gasteiger partial charge in [-0.15, -0.1) is 0 Å². The van der Waals surface area contributed by atoms with Crippen molar-refractivity contribution < 1.29 is 9.59 Å². The van der Waals surface area contributed by atoms with Gasteiger partial charge in [0.2, 0.25) is 5.91 Å². The number of amides is 2. The van der Waals surface area contributed by atoms with Crippen LogP contribution < -0.4 is 5.32 Å². The van der Waals surface area contributed by atoms with E-state index in [2.05, 4.69) is 10.3 Å². The summed E-state index contributed by atoms with van der Waals surface area (Å²) in [5, 5.41) is 3.59. The molecule has 0 atom stereocenters. The van der Waals surface area contributed by atoms with Crippen LogP contribution in [-0.4, -0.2) is 45.9 Å². The van der Waals surface area contributed by atoms with Crippen molar-refractivity contribution in [3.63, 3.8) is 0 Å². The first-order chi connectivity index (χ1) is 11.2. The third-order valence-corrected chi connectivity index (χ3v) is 4.81. The summed E-state index contributed by atoms with van der Waals surface area (Å²) >= 11 is 1.54. The van der Waals surface area contributed by atoms with Crippen molar-refractivity contribution in [1.29, 1.82) is 0 Å². The van der Waals surface area contributed by atoms with E-state index in [0.29, 0.717) is 18.7 Å². The minimum atomic E-state index is -0.113. The van der Waals surface area contributed by atoms with Gasteiger partial charge in [0, 0.05) is 31.0 Å². The Morgan fingerprint density at radius 1 is 1.26 bits per heavy atom. The van der Waals surface area contributed by atoms with Crippen molar-refractivity contribution in [3.8, 4) is 5.13 Å². The Morgan fingerprint density at radius 2 is 2.09 bits per heavy atom. The number of hydrogen-bond donors (Lipinski definition) is 1. The van der Waals surface area contributed by atoms with E-state index in [9.17, 15) is 9.59 Å². The van der Waals surface area contributed by atoms with Crippen LogP contribution in [0.5, 0.6) is 0 Å². The van der Waals surface area contributed by atoms with Crippen LogP contribution in [0.1, 0.15) is 10.4 Å². The molecule has 0 unspecified atom stereocenters. The Bertz CT molecular complexity index is 885. The van der Waals surface area contributed by atoms with Crippen LogP contribution in [0.4, 0.5) is 0 Å². The molecule has 0 spiro atoms. The first-order valence-corrected chi connectivity index (χ1v) is 8.12. The molecule has 7 heteroatoms. The molecule has 3 aromatic rings. The molecule has 116 valence electrons. The Kier molecular flexibility index (Phi) is 3.34. The fourth-order valence-corrected chi connectivity index (χ4v) is 3.58. The van der Waals surface area contributed by atoms with Crippen LogP contribution in [0.2, 0.25) is 0 Å². The van der Waals surface area contributed by atoms with Crippen molar-refractivity contribution in [2.75, 3.05) is 19.6 Å². The van der Waals surface area contributed by atoms with Crippen LogP contribution in [-0.2, 0) is 4.79 Å². The monoisotopic (exact) mass is 326 g/mol. The molecule has 1 saturated heterocycles. The topological polar surface area (TPSA) is 67.2 Å². The van der Waals surface area contributed by atoms with Gasteiger partial charge in [-0.3, -0.25) is 9.59 Å². The smallest absolute Gasteiger partial charge is 0.254 e. The largest absolute Gasteiger partial charge is 0.353 e. The predicted octanol–water partition coefficient (Wildman–Crippen LogP) is 1.66. The maximum absolute atomic E-state index is 12.5. The molecule has 4 rings (SSSR count). The standard InChI is InChI=1S/C16H14N4O2S/c21-14-10-20(8-5-17-14)15(22)11-3-4-12-13(9-11)23-16(18-12)19-6-1-2-7-19/h1-4,6-7,9H,5,8,10H2,(H,17,21). The number of fused-ring (bicyclic) bond motifs is 1. The van der Waals surface area contributed by atoms with Crippen molar-refractivity contribution in [1.82, 2.24) is 19.8 Å². The van der Waals surface area contributed by atoms with E-state index >= 15 is 0 Å². The third-order valence-electron chi connectivity index (χ3n) is 3.77. The van der Waals surface area contributed by atoms with Crippen LogP contribution >= 0.6 is 11.3 Å². The molecule has 23 heavy (non-hydrogen) atoms.